The zero-order valence-electron chi connectivity index (χ0n) is 18.7. The van der Waals surface area contributed by atoms with Crippen molar-refractivity contribution in [1.29, 1.82) is 0 Å². The Labute approximate surface area is 185 Å². The predicted molar refractivity (Wildman–Crippen MR) is 119 cm³/mol. The van der Waals surface area contributed by atoms with Crippen LogP contribution in [-0.2, 0) is 13.6 Å². The molecule has 0 bridgehead atoms. The molecule has 2 N–H and O–H groups in total. The summed E-state index contributed by atoms with van der Waals surface area (Å²) in [4.78, 5) is 13.3. The molecule has 0 spiro atoms. The number of anilines is 2. The van der Waals surface area contributed by atoms with Crippen LogP contribution in [-0.4, -0.2) is 58.9 Å². The van der Waals surface area contributed by atoms with Crippen LogP contribution >= 0.6 is 0 Å². The van der Waals surface area contributed by atoms with Crippen molar-refractivity contribution in [3.05, 3.63) is 30.6 Å². The van der Waals surface area contributed by atoms with Crippen molar-refractivity contribution in [2.45, 2.75) is 32.9 Å². The number of rotatable bonds is 7. The molecule has 4 aromatic heterocycles. The molecule has 4 rings (SSSR count). The zero-order valence-corrected chi connectivity index (χ0v) is 18.7. The van der Waals surface area contributed by atoms with Gasteiger partial charge in [0.1, 0.15) is 28.7 Å². The lowest BCUT2D eigenvalue weighted by Gasteiger charge is -2.22. The molecule has 0 saturated carbocycles. The molecule has 0 aromatic carbocycles. The molecule has 0 aliphatic heterocycles. The number of nitrogens with one attached hydrogen (secondary N) is 1. The molecule has 11 nitrogen and oxygen atoms in total. The maximum Gasteiger partial charge on any atom is 0.216 e. The Kier molecular flexibility index (Phi) is 5.66. The van der Waals surface area contributed by atoms with E-state index in [0.717, 1.165) is 5.39 Å². The van der Waals surface area contributed by atoms with E-state index in [9.17, 15) is 5.11 Å². The summed E-state index contributed by atoms with van der Waals surface area (Å²) in [6, 6.07) is 5.29. The quantitative estimate of drug-likeness (QED) is 0.448. The smallest absolute Gasteiger partial charge is 0.216 e. The normalized spacial score (nSPS) is 11.7. The van der Waals surface area contributed by atoms with Crippen molar-refractivity contribution in [3.8, 4) is 23.1 Å². The molecule has 0 fully saturated rings. The van der Waals surface area contributed by atoms with Gasteiger partial charge in [-0.3, -0.25) is 4.68 Å². The second-order valence-corrected chi connectivity index (χ2v) is 8.13. The van der Waals surface area contributed by atoms with Gasteiger partial charge >= 0.3 is 0 Å². The third-order valence-electron chi connectivity index (χ3n) is 4.50. The van der Waals surface area contributed by atoms with Crippen LogP contribution < -0.4 is 14.8 Å². The number of fused-ring (bicyclic) bond motifs is 1. The van der Waals surface area contributed by atoms with Crippen molar-refractivity contribution in [1.82, 2.24) is 34.5 Å². The SMILES string of the molecule is COc1ccnc(-c2cc(Nc3cc(OC(C)(C)C)c4cnn(C)c4n3)n(CCO)n2)n1. The van der Waals surface area contributed by atoms with Gasteiger partial charge in [-0.05, 0) is 20.8 Å². The van der Waals surface area contributed by atoms with Gasteiger partial charge in [-0.1, -0.05) is 0 Å². The maximum absolute atomic E-state index is 9.51. The molecule has 0 aliphatic rings. The van der Waals surface area contributed by atoms with Crippen LogP contribution in [0.5, 0.6) is 11.6 Å². The number of aliphatic hydroxyl groups is 1. The van der Waals surface area contributed by atoms with Crippen LogP contribution in [0.2, 0.25) is 0 Å². The Morgan fingerprint density at radius 1 is 1.19 bits per heavy atom. The fourth-order valence-electron chi connectivity index (χ4n) is 3.17. The molecule has 11 heteroatoms. The van der Waals surface area contributed by atoms with E-state index < -0.39 is 5.60 Å². The van der Waals surface area contributed by atoms with E-state index in [-0.39, 0.29) is 13.2 Å². The molecular formula is C21H26N8O3. The van der Waals surface area contributed by atoms with Crippen LogP contribution in [0.1, 0.15) is 20.8 Å². The lowest BCUT2D eigenvalue weighted by molar-refractivity contribution is 0.133. The number of hydrogen-bond acceptors (Lipinski definition) is 9. The number of methoxy groups -OCH3 is 1. The van der Waals surface area contributed by atoms with Gasteiger partial charge in [0.15, 0.2) is 11.5 Å². The number of nitrogens with zero attached hydrogens (tertiary/aromatic N) is 7. The average molecular weight is 438 g/mol. The van der Waals surface area contributed by atoms with E-state index in [4.69, 9.17) is 9.47 Å². The van der Waals surface area contributed by atoms with Gasteiger partial charge in [-0.15, -0.1) is 0 Å². The monoisotopic (exact) mass is 438 g/mol. The summed E-state index contributed by atoms with van der Waals surface area (Å²) in [5, 5.41) is 22.4. The van der Waals surface area contributed by atoms with Crippen LogP contribution in [0.3, 0.4) is 0 Å². The number of aliphatic hydroxyl groups excluding tert-OH is 1. The van der Waals surface area contributed by atoms with Gasteiger partial charge < -0.3 is 19.9 Å². The Morgan fingerprint density at radius 2 is 2.00 bits per heavy atom. The Morgan fingerprint density at radius 3 is 2.72 bits per heavy atom. The second-order valence-electron chi connectivity index (χ2n) is 8.13. The number of ether oxygens (including phenoxy) is 2. The molecule has 0 atom stereocenters. The molecule has 0 radical (unpaired) electrons. The summed E-state index contributed by atoms with van der Waals surface area (Å²) < 4.78 is 14.7. The van der Waals surface area contributed by atoms with E-state index in [1.165, 1.54) is 0 Å². The zero-order chi connectivity index (χ0) is 22.9. The van der Waals surface area contributed by atoms with Gasteiger partial charge in [0.2, 0.25) is 5.88 Å². The van der Waals surface area contributed by atoms with Crippen LogP contribution in [0.4, 0.5) is 11.6 Å². The summed E-state index contributed by atoms with van der Waals surface area (Å²) in [6.45, 7) is 6.16. The van der Waals surface area contributed by atoms with Gasteiger partial charge in [-0.25, -0.2) is 14.6 Å². The van der Waals surface area contributed by atoms with Crippen LogP contribution in [0, 0.1) is 0 Å². The summed E-state index contributed by atoms with van der Waals surface area (Å²) in [5.74, 6) is 2.70. The van der Waals surface area contributed by atoms with E-state index in [1.807, 2.05) is 33.9 Å². The first kappa shape index (κ1) is 21.5. The molecule has 0 aliphatic carbocycles. The van der Waals surface area contributed by atoms with Gasteiger partial charge in [0.25, 0.3) is 0 Å². The topological polar surface area (TPSA) is 125 Å². The highest BCUT2D eigenvalue weighted by atomic mass is 16.5. The minimum Gasteiger partial charge on any atom is -0.487 e. The highest BCUT2D eigenvalue weighted by Gasteiger charge is 2.19. The van der Waals surface area contributed by atoms with Gasteiger partial charge in [0, 0.05) is 31.4 Å². The van der Waals surface area contributed by atoms with Gasteiger partial charge in [0.05, 0.1) is 31.8 Å². The van der Waals surface area contributed by atoms with Crippen LogP contribution in [0.15, 0.2) is 30.6 Å². The second kappa shape index (κ2) is 8.42. The van der Waals surface area contributed by atoms with E-state index in [1.54, 1.807) is 41.0 Å². The summed E-state index contributed by atoms with van der Waals surface area (Å²) in [6.07, 6.45) is 3.34. The molecule has 0 amide bonds. The average Bonchev–Trinajstić information content (AvgIpc) is 3.31. The maximum atomic E-state index is 9.51. The molecule has 4 aromatic rings. The first-order chi connectivity index (χ1) is 15.3. The highest BCUT2D eigenvalue weighted by molar-refractivity contribution is 5.84. The molecule has 0 saturated heterocycles. The standard InChI is InChI=1S/C21H26N8O3/c1-21(2,3)32-15-11-16(25-20-13(15)12-23-28(20)4)24-17-10-14(27-29(17)8-9-30)19-22-7-6-18(26-19)31-5/h6-7,10-12,30H,8-9H2,1-5H3,(H,24,25). The van der Waals surface area contributed by atoms with Crippen molar-refractivity contribution in [2.75, 3.05) is 19.0 Å². The lowest BCUT2D eigenvalue weighted by Crippen LogP contribution is -2.23. The number of aryl methyl sites for hydroxylation is 1. The van der Waals surface area contributed by atoms with E-state index in [2.05, 4.69) is 30.5 Å². The largest absolute Gasteiger partial charge is 0.487 e. The first-order valence-corrected chi connectivity index (χ1v) is 10.1. The first-order valence-electron chi connectivity index (χ1n) is 10.1. The number of hydrogen-bond donors (Lipinski definition) is 2. The molecule has 4 heterocycles. The van der Waals surface area contributed by atoms with Crippen molar-refractivity contribution < 1.29 is 14.6 Å². The fraction of sp³-hybridized carbons (Fsp3) is 0.381. The van der Waals surface area contributed by atoms with E-state index >= 15 is 0 Å². The molecular weight excluding hydrogens is 412 g/mol. The van der Waals surface area contributed by atoms with E-state index in [0.29, 0.717) is 40.4 Å². The van der Waals surface area contributed by atoms with Gasteiger partial charge in [-0.2, -0.15) is 15.2 Å². The molecule has 168 valence electrons. The van der Waals surface area contributed by atoms with Crippen molar-refractivity contribution >= 4 is 22.7 Å². The summed E-state index contributed by atoms with van der Waals surface area (Å²) in [5.41, 5.74) is 0.822. The highest BCUT2D eigenvalue weighted by Crippen LogP contribution is 2.32. The number of pyridine rings is 1. The number of aromatic nitrogens is 7. The summed E-state index contributed by atoms with van der Waals surface area (Å²) >= 11 is 0. The Balaban J connectivity index is 1.74. The predicted octanol–water partition coefficient (Wildman–Crippen LogP) is 2.54. The third-order valence-corrected chi connectivity index (χ3v) is 4.50. The minimum absolute atomic E-state index is 0.0820. The third kappa shape index (κ3) is 4.47. The lowest BCUT2D eigenvalue weighted by atomic mass is 10.2. The summed E-state index contributed by atoms with van der Waals surface area (Å²) in [7, 11) is 3.37. The van der Waals surface area contributed by atoms with Crippen LogP contribution in [0.25, 0.3) is 22.6 Å². The minimum atomic E-state index is -0.392. The van der Waals surface area contributed by atoms with Crippen molar-refractivity contribution in [2.24, 2.45) is 7.05 Å². The Bertz CT molecular complexity index is 1240. The molecule has 32 heavy (non-hydrogen) atoms. The fourth-order valence-corrected chi connectivity index (χ4v) is 3.17. The molecule has 0 unspecified atom stereocenters. The van der Waals surface area contributed by atoms with Crippen molar-refractivity contribution in [3.63, 3.8) is 0 Å². The Hall–Kier alpha value is -3.73.